The number of hydrogen-bond donors (Lipinski definition) is 4. The molecule has 3 heterocycles. The number of hydrogen-bond acceptors (Lipinski definition) is 5. The molecule has 7 heteroatoms. The van der Waals surface area contributed by atoms with Crippen molar-refractivity contribution in [2.45, 2.75) is 0 Å². The molecule has 0 spiro atoms. The average Bonchev–Trinajstić information content (AvgIpc) is 3.16. The van der Waals surface area contributed by atoms with Crippen molar-refractivity contribution in [1.82, 2.24) is 4.98 Å². The van der Waals surface area contributed by atoms with Crippen molar-refractivity contribution in [3.8, 4) is 23.0 Å². The molecule has 0 aliphatic carbocycles. The maximum atomic E-state index is 7.34. The van der Waals surface area contributed by atoms with Crippen molar-refractivity contribution in [2.75, 3.05) is 0 Å². The first-order valence-electron chi connectivity index (χ1n) is 6.40. The van der Waals surface area contributed by atoms with Gasteiger partial charge in [0.1, 0.15) is 11.5 Å². The molecule has 3 aromatic heterocycles. The first-order chi connectivity index (χ1) is 10.5. The number of nitrogens with one attached hydrogen (secondary N) is 2. The second-order valence-electron chi connectivity index (χ2n) is 4.59. The predicted molar refractivity (Wildman–Crippen MR) is 81.7 cm³/mol. The predicted octanol–water partition coefficient (Wildman–Crippen LogP) is 2.17. The molecular weight excluding hydrogens is 282 g/mol. The van der Waals surface area contributed by atoms with Crippen LogP contribution in [0.3, 0.4) is 0 Å². The lowest BCUT2D eigenvalue weighted by Crippen LogP contribution is -2.11. The number of rotatable bonds is 4. The second-order valence-corrected chi connectivity index (χ2v) is 4.59. The van der Waals surface area contributed by atoms with Crippen LogP contribution >= 0.6 is 0 Å². The SMILES string of the molecule is N=C(N)c1ccc(-c2ccc(-c3ccc(C(=N)N)o3)o2)nc1. The zero-order chi connectivity index (χ0) is 15.7. The van der Waals surface area contributed by atoms with Gasteiger partial charge in [0.25, 0.3) is 0 Å². The van der Waals surface area contributed by atoms with E-state index in [1.807, 2.05) is 0 Å². The van der Waals surface area contributed by atoms with Gasteiger partial charge in [0.15, 0.2) is 28.9 Å². The molecular formula is C15H13N5O2. The maximum Gasteiger partial charge on any atom is 0.170 e. The summed E-state index contributed by atoms with van der Waals surface area (Å²) in [4.78, 5) is 4.21. The number of aromatic nitrogens is 1. The number of amidine groups is 2. The Morgan fingerprint density at radius 1 is 0.818 bits per heavy atom. The minimum atomic E-state index is -0.139. The lowest BCUT2D eigenvalue weighted by Gasteiger charge is -1.99. The van der Waals surface area contributed by atoms with Crippen LogP contribution in [0.2, 0.25) is 0 Å². The Balaban J connectivity index is 1.89. The molecule has 3 aromatic rings. The fraction of sp³-hybridized carbons (Fsp3) is 0. The molecule has 7 nitrogen and oxygen atoms in total. The summed E-state index contributed by atoms with van der Waals surface area (Å²) in [6, 6.07) is 10.2. The van der Waals surface area contributed by atoms with Gasteiger partial charge in [-0.1, -0.05) is 0 Å². The van der Waals surface area contributed by atoms with Gasteiger partial charge in [-0.3, -0.25) is 15.8 Å². The standard InChI is InChI=1S/C15H13N5O2/c16-14(17)8-1-2-9(20-7-8)10-3-4-11(21-10)12-5-6-13(22-12)15(18)19/h1-7H,(H3,16,17)(H3,18,19). The van der Waals surface area contributed by atoms with Crippen molar-refractivity contribution in [2.24, 2.45) is 11.5 Å². The summed E-state index contributed by atoms with van der Waals surface area (Å²) in [5.74, 6) is 1.67. The molecule has 0 radical (unpaired) electrons. The van der Waals surface area contributed by atoms with Gasteiger partial charge in [-0.15, -0.1) is 0 Å². The maximum absolute atomic E-state index is 7.34. The molecule has 0 saturated carbocycles. The molecule has 0 aliphatic heterocycles. The zero-order valence-electron chi connectivity index (χ0n) is 11.5. The van der Waals surface area contributed by atoms with Gasteiger partial charge < -0.3 is 20.3 Å². The summed E-state index contributed by atoms with van der Waals surface area (Å²) < 4.78 is 11.1. The summed E-state index contributed by atoms with van der Waals surface area (Å²) in [5.41, 5.74) is 11.9. The molecule has 0 amide bonds. The monoisotopic (exact) mass is 295 g/mol. The van der Waals surface area contributed by atoms with Crippen LogP contribution < -0.4 is 11.5 Å². The molecule has 3 rings (SSSR count). The minimum absolute atomic E-state index is 0.0356. The smallest absolute Gasteiger partial charge is 0.170 e. The average molecular weight is 295 g/mol. The Hall–Kier alpha value is -3.35. The Labute approximate surface area is 125 Å². The van der Waals surface area contributed by atoms with E-state index in [0.717, 1.165) is 0 Å². The minimum Gasteiger partial charge on any atom is -0.451 e. The van der Waals surface area contributed by atoms with Crippen molar-refractivity contribution < 1.29 is 8.83 Å². The molecule has 0 saturated heterocycles. The van der Waals surface area contributed by atoms with E-state index in [9.17, 15) is 0 Å². The van der Waals surface area contributed by atoms with Crippen LogP contribution in [0.1, 0.15) is 11.3 Å². The van der Waals surface area contributed by atoms with E-state index in [-0.39, 0.29) is 17.4 Å². The van der Waals surface area contributed by atoms with Crippen LogP contribution in [0.25, 0.3) is 23.0 Å². The summed E-state index contributed by atoms with van der Waals surface area (Å²) in [6.07, 6.45) is 1.51. The van der Waals surface area contributed by atoms with E-state index in [2.05, 4.69) is 4.98 Å². The molecule has 0 atom stereocenters. The molecule has 110 valence electrons. The number of nitrogens with zero attached hydrogens (tertiary/aromatic N) is 1. The van der Waals surface area contributed by atoms with E-state index in [1.54, 1.807) is 36.4 Å². The van der Waals surface area contributed by atoms with Crippen molar-refractivity contribution in [3.05, 3.63) is 53.9 Å². The topological polar surface area (TPSA) is 139 Å². The first-order valence-corrected chi connectivity index (χ1v) is 6.40. The number of nitrogen functional groups attached to an aromatic ring is 2. The lowest BCUT2D eigenvalue weighted by molar-refractivity contribution is 0.524. The van der Waals surface area contributed by atoms with Crippen LogP contribution in [-0.4, -0.2) is 16.7 Å². The van der Waals surface area contributed by atoms with Crippen LogP contribution in [-0.2, 0) is 0 Å². The highest BCUT2D eigenvalue weighted by Gasteiger charge is 2.12. The van der Waals surface area contributed by atoms with E-state index in [4.69, 9.17) is 31.1 Å². The van der Waals surface area contributed by atoms with Crippen molar-refractivity contribution in [1.29, 1.82) is 10.8 Å². The Bertz CT molecular complexity index is 845. The van der Waals surface area contributed by atoms with Crippen molar-refractivity contribution >= 4 is 11.7 Å². The van der Waals surface area contributed by atoms with Gasteiger partial charge >= 0.3 is 0 Å². The Morgan fingerprint density at radius 3 is 2.09 bits per heavy atom. The van der Waals surface area contributed by atoms with Crippen LogP contribution in [0.4, 0.5) is 0 Å². The van der Waals surface area contributed by atoms with E-state index in [1.165, 1.54) is 6.20 Å². The summed E-state index contributed by atoms with van der Waals surface area (Å²) in [5, 5.41) is 14.7. The molecule has 0 aromatic carbocycles. The van der Waals surface area contributed by atoms with Gasteiger partial charge in [0.05, 0.1) is 0 Å². The fourth-order valence-electron chi connectivity index (χ4n) is 1.92. The number of nitrogens with two attached hydrogens (primary N) is 2. The van der Waals surface area contributed by atoms with Gasteiger partial charge in [-0.25, -0.2) is 0 Å². The number of furan rings is 2. The third kappa shape index (κ3) is 2.47. The second kappa shape index (κ2) is 5.21. The summed E-state index contributed by atoms with van der Waals surface area (Å²) in [7, 11) is 0. The quantitative estimate of drug-likeness (QED) is 0.431. The van der Waals surface area contributed by atoms with Gasteiger partial charge in [0, 0.05) is 11.8 Å². The molecule has 0 unspecified atom stereocenters. The molecule has 0 bridgehead atoms. The van der Waals surface area contributed by atoms with Gasteiger partial charge in [-0.05, 0) is 36.4 Å². The lowest BCUT2D eigenvalue weighted by atomic mass is 10.2. The van der Waals surface area contributed by atoms with Gasteiger partial charge in [0.2, 0.25) is 0 Å². The van der Waals surface area contributed by atoms with E-state index in [0.29, 0.717) is 28.5 Å². The number of pyridine rings is 1. The van der Waals surface area contributed by atoms with Crippen LogP contribution in [0.15, 0.2) is 51.4 Å². The molecule has 0 aliphatic rings. The molecule has 6 N–H and O–H groups in total. The van der Waals surface area contributed by atoms with E-state index >= 15 is 0 Å². The third-order valence-electron chi connectivity index (χ3n) is 3.05. The molecule has 0 fully saturated rings. The normalized spacial score (nSPS) is 10.5. The van der Waals surface area contributed by atoms with Crippen LogP contribution in [0, 0.1) is 10.8 Å². The third-order valence-corrected chi connectivity index (χ3v) is 3.05. The van der Waals surface area contributed by atoms with Crippen LogP contribution in [0.5, 0.6) is 0 Å². The summed E-state index contributed by atoms with van der Waals surface area (Å²) in [6.45, 7) is 0. The zero-order valence-corrected chi connectivity index (χ0v) is 11.5. The summed E-state index contributed by atoms with van der Waals surface area (Å²) >= 11 is 0. The van der Waals surface area contributed by atoms with Gasteiger partial charge in [-0.2, -0.15) is 0 Å². The van der Waals surface area contributed by atoms with E-state index < -0.39 is 0 Å². The fourth-order valence-corrected chi connectivity index (χ4v) is 1.92. The highest BCUT2D eigenvalue weighted by molar-refractivity contribution is 5.94. The largest absolute Gasteiger partial charge is 0.451 e. The Morgan fingerprint density at radius 2 is 1.50 bits per heavy atom. The Kier molecular flexibility index (Phi) is 3.23. The highest BCUT2D eigenvalue weighted by Crippen LogP contribution is 2.28. The highest BCUT2D eigenvalue weighted by atomic mass is 16.4. The first kappa shape index (κ1) is 13.6. The van der Waals surface area contributed by atoms with Crippen molar-refractivity contribution in [3.63, 3.8) is 0 Å². The molecule has 22 heavy (non-hydrogen) atoms.